The second-order valence-electron chi connectivity index (χ2n) is 0.926. The highest BCUT2D eigenvalue weighted by molar-refractivity contribution is 7.24. The van der Waals surface area contributed by atoms with Crippen LogP contribution in [0.4, 0.5) is 0 Å². The first-order valence-corrected chi connectivity index (χ1v) is 2.50. The van der Waals surface area contributed by atoms with Crippen LogP contribution in [0.1, 0.15) is 0 Å². The van der Waals surface area contributed by atoms with Crippen molar-refractivity contribution in [3.05, 3.63) is 18.1 Å². The molecule has 32 valence electrons. The van der Waals surface area contributed by atoms with Gasteiger partial charge in [0.25, 0.3) is 0 Å². The van der Waals surface area contributed by atoms with Gasteiger partial charge in [-0.3, -0.25) is 0 Å². The Bertz CT molecular complexity index is 114. The third-order valence-electron chi connectivity index (χ3n) is 0.490. The molecule has 0 saturated heterocycles. The normalized spacial score (nSPS) is 10.0. The molecule has 0 bridgehead atoms. The summed E-state index contributed by atoms with van der Waals surface area (Å²) in [6, 6.07) is 1.79. The van der Waals surface area contributed by atoms with E-state index in [1.165, 1.54) is 0 Å². The molecule has 1 rings (SSSR count). The van der Waals surface area contributed by atoms with Crippen molar-refractivity contribution in [3.63, 3.8) is 0 Å². The van der Waals surface area contributed by atoms with Crippen molar-refractivity contribution in [3.8, 4) is 0 Å². The van der Waals surface area contributed by atoms with Gasteiger partial charge in [-0.05, 0) is 11.9 Å². The van der Waals surface area contributed by atoms with Crippen LogP contribution >= 0.6 is 8.35 Å². The van der Waals surface area contributed by atoms with Crippen molar-refractivity contribution in [1.29, 1.82) is 0 Å². The Morgan fingerprint density at radius 3 is 2.67 bits per heavy atom. The molecule has 3 heteroatoms. The molecule has 0 atom stereocenters. The van der Waals surface area contributed by atoms with Crippen molar-refractivity contribution in [1.82, 2.24) is 4.49 Å². The third-order valence-corrected chi connectivity index (χ3v) is 1.17. The lowest BCUT2D eigenvalue weighted by atomic mass is 10.8. The van der Waals surface area contributed by atoms with Crippen molar-refractivity contribution in [2.45, 2.75) is 0 Å². The lowest BCUT2D eigenvalue weighted by Gasteiger charge is -1.77. The molecule has 0 aromatic carbocycles. The fourth-order valence-electron chi connectivity index (χ4n) is 0.261. The summed E-state index contributed by atoms with van der Waals surface area (Å²) >= 11 is 0. The number of aromatic nitrogens is 1. The van der Waals surface area contributed by atoms with E-state index in [0.29, 0.717) is 0 Å². The minimum atomic E-state index is 0.843. The fraction of sp³-hybridized carbons (Fsp3) is 0. The molecule has 0 saturated carbocycles. The molecule has 1 aromatic rings. The van der Waals surface area contributed by atoms with Gasteiger partial charge >= 0.3 is 0 Å². The summed E-state index contributed by atoms with van der Waals surface area (Å²) in [5, 5.41) is 8.43. The summed E-state index contributed by atoms with van der Waals surface area (Å²) in [6.07, 6.45) is 1.60. The molecule has 6 heavy (non-hydrogen) atoms. The molecule has 0 radical (unpaired) electrons. The van der Waals surface area contributed by atoms with Gasteiger partial charge in [0.05, 0.1) is 8.35 Å². The number of hydrogen-bond acceptors (Lipinski definition) is 1. The SMILES string of the molecule is On1cccp1. The predicted molar refractivity (Wildman–Crippen MR) is 24.1 cm³/mol. The second-order valence-corrected chi connectivity index (χ2v) is 1.87. The van der Waals surface area contributed by atoms with Crippen LogP contribution in [0.5, 0.6) is 0 Å². The summed E-state index contributed by atoms with van der Waals surface area (Å²) in [5.74, 6) is 1.85. The lowest BCUT2D eigenvalue weighted by Crippen LogP contribution is -1.72. The molecule has 0 aliphatic heterocycles. The highest BCUT2D eigenvalue weighted by Crippen LogP contribution is 1.99. The molecule has 0 amide bonds. The Morgan fingerprint density at radius 1 is 1.67 bits per heavy atom. The Labute approximate surface area is 37.2 Å². The van der Waals surface area contributed by atoms with E-state index in [4.69, 9.17) is 5.21 Å². The molecule has 1 aromatic heterocycles. The van der Waals surface area contributed by atoms with Crippen molar-refractivity contribution in [2.75, 3.05) is 0 Å². The smallest absolute Gasteiger partial charge is 0.0556 e. The summed E-state index contributed by atoms with van der Waals surface area (Å²) in [4.78, 5) is 0. The Kier molecular flexibility index (Phi) is 0.807. The Morgan fingerprint density at radius 2 is 2.50 bits per heavy atom. The summed E-state index contributed by atoms with van der Waals surface area (Å²) in [7, 11) is 0.843. The van der Waals surface area contributed by atoms with Crippen LogP contribution in [-0.4, -0.2) is 9.70 Å². The van der Waals surface area contributed by atoms with Crippen LogP contribution in [0.3, 0.4) is 0 Å². The maximum Gasteiger partial charge on any atom is 0.0556 e. The standard InChI is InChI=1S/C3H4NOP/c5-4-2-1-3-6-4/h1-3,5H. The van der Waals surface area contributed by atoms with Crippen LogP contribution < -0.4 is 0 Å². The maximum atomic E-state index is 8.43. The highest BCUT2D eigenvalue weighted by Gasteiger charge is 1.72. The lowest BCUT2D eigenvalue weighted by molar-refractivity contribution is 0.220. The Hall–Kier alpha value is -0.490. The minimum Gasteiger partial charge on any atom is -0.425 e. The molecule has 2 nitrogen and oxygen atoms in total. The van der Waals surface area contributed by atoms with Crippen molar-refractivity contribution in [2.24, 2.45) is 0 Å². The Balaban J connectivity index is 3.05. The van der Waals surface area contributed by atoms with E-state index >= 15 is 0 Å². The third kappa shape index (κ3) is 0.522. The molecule has 0 unspecified atom stereocenters. The van der Waals surface area contributed by atoms with E-state index in [9.17, 15) is 0 Å². The summed E-state index contributed by atoms with van der Waals surface area (Å²) < 4.78 is 1.10. The van der Waals surface area contributed by atoms with Crippen LogP contribution in [-0.2, 0) is 0 Å². The van der Waals surface area contributed by atoms with Gasteiger partial charge in [-0.2, -0.15) is 4.49 Å². The average Bonchev–Trinajstić information content (AvgIpc) is 1.86. The first kappa shape index (κ1) is 3.69. The average molecular weight is 101 g/mol. The van der Waals surface area contributed by atoms with E-state index in [1.807, 2.05) is 5.80 Å². The first-order chi connectivity index (χ1) is 2.89. The van der Waals surface area contributed by atoms with E-state index in [1.54, 1.807) is 12.3 Å². The van der Waals surface area contributed by atoms with Gasteiger partial charge in [0.1, 0.15) is 0 Å². The largest absolute Gasteiger partial charge is 0.425 e. The van der Waals surface area contributed by atoms with Crippen LogP contribution in [0.25, 0.3) is 0 Å². The van der Waals surface area contributed by atoms with Gasteiger partial charge in [-0.25, -0.2) is 0 Å². The van der Waals surface area contributed by atoms with Crippen LogP contribution in [0.2, 0.25) is 0 Å². The van der Waals surface area contributed by atoms with Gasteiger partial charge in [0.15, 0.2) is 0 Å². The monoisotopic (exact) mass is 101 g/mol. The topological polar surface area (TPSA) is 25.2 Å². The molecule has 0 fully saturated rings. The molecule has 1 N–H and O–H groups in total. The van der Waals surface area contributed by atoms with Crippen molar-refractivity contribution >= 4 is 8.35 Å². The number of hydrogen-bond donors (Lipinski definition) is 1. The second kappa shape index (κ2) is 1.31. The molecule has 1 heterocycles. The van der Waals surface area contributed by atoms with Crippen LogP contribution in [0.15, 0.2) is 18.1 Å². The summed E-state index contributed by atoms with van der Waals surface area (Å²) in [5.41, 5.74) is 0. The van der Waals surface area contributed by atoms with Crippen molar-refractivity contribution < 1.29 is 5.21 Å². The maximum absolute atomic E-state index is 8.43. The zero-order chi connectivity index (χ0) is 4.41. The predicted octanol–water partition coefficient (Wildman–Crippen LogP) is 1.31. The highest BCUT2D eigenvalue weighted by atomic mass is 31.0. The quantitative estimate of drug-likeness (QED) is 0.489. The molecule has 0 aliphatic carbocycles. The van der Waals surface area contributed by atoms with E-state index in [0.717, 1.165) is 12.8 Å². The first-order valence-electron chi connectivity index (χ1n) is 1.58. The number of rotatable bonds is 0. The van der Waals surface area contributed by atoms with Crippen LogP contribution in [0, 0.1) is 0 Å². The molecule has 0 aliphatic rings. The molecule has 0 spiro atoms. The van der Waals surface area contributed by atoms with Gasteiger partial charge in [0.2, 0.25) is 0 Å². The zero-order valence-corrected chi connectivity index (χ0v) is 3.97. The molecular weight excluding hydrogens is 97.0 g/mol. The number of nitrogens with zero attached hydrogens (tertiary/aromatic N) is 1. The fourth-order valence-corrected chi connectivity index (χ4v) is 0.705. The van der Waals surface area contributed by atoms with E-state index in [-0.39, 0.29) is 0 Å². The van der Waals surface area contributed by atoms with Gasteiger partial charge < -0.3 is 5.21 Å². The van der Waals surface area contributed by atoms with E-state index < -0.39 is 0 Å². The molecular formula is C3H4NOP. The van der Waals surface area contributed by atoms with E-state index in [2.05, 4.69) is 0 Å². The van der Waals surface area contributed by atoms with Gasteiger partial charge in [-0.1, -0.05) is 0 Å². The minimum absolute atomic E-state index is 0.843. The van der Waals surface area contributed by atoms with Gasteiger partial charge in [0, 0.05) is 6.20 Å². The van der Waals surface area contributed by atoms with Gasteiger partial charge in [-0.15, -0.1) is 0 Å². The summed E-state index contributed by atoms with van der Waals surface area (Å²) in [6.45, 7) is 0. The zero-order valence-electron chi connectivity index (χ0n) is 3.07.